The Bertz CT molecular complexity index is 1040. The second-order valence-corrected chi connectivity index (χ2v) is 6.93. The number of hydrogen-bond donors (Lipinski definition) is 0. The van der Waals surface area contributed by atoms with Crippen molar-refractivity contribution < 1.29 is 58.1 Å². The maximum atomic E-state index is 10.1. The summed E-state index contributed by atoms with van der Waals surface area (Å²) < 4.78 is 29.5. The summed E-state index contributed by atoms with van der Waals surface area (Å²) >= 11 is 0. The number of methoxy groups -OCH3 is 3. The van der Waals surface area contributed by atoms with Crippen LogP contribution in [-0.2, 0) is 14.4 Å². The Hall–Kier alpha value is -4.25. The molecule has 0 unspecified atom stereocenters. The number of carbonyl (C=O) groups excluding carboxylic acids is 3. The molecule has 0 saturated heterocycles. The largest absolute Gasteiger partial charge is 3.00 e. The van der Waals surface area contributed by atoms with Gasteiger partial charge in [-0.1, -0.05) is 36.4 Å². The van der Waals surface area contributed by atoms with E-state index in [-0.39, 0.29) is 26.2 Å². The van der Waals surface area contributed by atoms with Gasteiger partial charge in [0, 0.05) is 0 Å². The van der Waals surface area contributed by atoms with E-state index in [1.54, 1.807) is 72.8 Å². The summed E-state index contributed by atoms with van der Waals surface area (Å²) in [4.78, 5) is 30.3. The predicted octanol–water partition coefficient (Wildman–Crippen LogP) is -0.909. The molecular formula is C27H27BiO12. The summed E-state index contributed by atoms with van der Waals surface area (Å²) in [6.45, 7) is -1.42. The summed E-state index contributed by atoms with van der Waals surface area (Å²) in [6.07, 6.45) is 0. The molecule has 0 saturated carbocycles. The van der Waals surface area contributed by atoms with E-state index in [2.05, 4.69) is 0 Å². The van der Waals surface area contributed by atoms with Crippen molar-refractivity contribution in [1.29, 1.82) is 0 Å². The molecule has 0 aromatic heterocycles. The van der Waals surface area contributed by atoms with Crippen LogP contribution in [0.1, 0.15) is 0 Å². The molecule has 0 fully saturated rings. The summed E-state index contributed by atoms with van der Waals surface area (Å²) in [7, 11) is 4.46. The van der Waals surface area contributed by atoms with Crippen LogP contribution in [0.2, 0.25) is 0 Å². The van der Waals surface area contributed by atoms with Gasteiger partial charge in [-0.3, -0.25) is 0 Å². The van der Waals surface area contributed by atoms with Crippen molar-refractivity contribution in [3.8, 4) is 34.5 Å². The third kappa shape index (κ3) is 14.6. The van der Waals surface area contributed by atoms with Gasteiger partial charge in [-0.2, -0.15) is 0 Å². The van der Waals surface area contributed by atoms with Crippen molar-refractivity contribution in [2.75, 3.05) is 41.2 Å². The van der Waals surface area contributed by atoms with E-state index in [9.17, 15) is 29.7 Å². The Kier molecular flexibility index (Phi) is 18.5. The summed E-state index contributed by atoms with van der Waals surface area (Å²) in [5.41, 5.74) is 0. The molecule has 40 heavy (non-hydrogen) atoms. The second kappa shape index (κ2) is 20.7. The molecule has 3 aromatic carbocycles. The number of carboxylic acids is 3. The first-order valence-corrected chi connectivity index (χ1v) is 11.1. The molecule has 3 rings (SSSR count). The van der Waals surface area contributed by atoms with E-state index in [0.717, 1.165) is 0 Å². The van der Waals surface area contributed by atoms with Gasteiger partial charge in [0.15, 0.2) is 34.5 Å². The van der Waals surface area contributed by atoms with E-state index in [0.29, 0.717) is 34.5 Å². The Morgan fingerprint density at radius 2 is 0.675 bits per heavy atom. The van der Waals surface area contributed by atoms with E-state index in [4.69, 9.17) is 28.4 Å². The number of para-hydroxylation sites is 6. The average Bonchev–Trinajstić information content (AvgIpc) is 2.94. The average molecular weight is 752 g/mol. The summed E-state index contributed by atoms with van der Waals surface area (Å²) in [5.74, 6) is -1.07. The van der Waals surface area contributed by atoms with Crippen LogP contribution in [0.15, 0.2) is 72.8 Å². The first-order chi connectivity index (χ1) is 18.7. The van der Waals surface area contributed by atoms with Crippen LogP contribution in [0, 0.1) is 0 Å². The third-order valence-corrected chi connectivity index (χ3v) is 4.24. The number of carbonyl (C=O) groups is 3. The van der Waals surface area contributed by atoms with Gasteiger partial charge in [0.05, 0.1) is 39.2 Å². The number of carboxylic acid groups (broad SMARTS) is 3. The number of aliphatic carboxylic acids is 3. The third-order valence-electron chi connectivity index (χ3n) is 4.24. The monoisotopic (exact) mass is 752 g/mol. The molecule has 0 amide bonds. The molecule has 0 atom stereocenters. The zero-order chi connectivity index (χ0) is 29.0. The minimum Gasteiger partial charge on any atom is -0.546 e. The van der Waals surface area contributed by atoms with Crippen LogP contribution in [0.25, 0.3) is 0 Å². The SMILES string of the molecule is COc1ccccc1OCC(=O)[O-].COc1ccccc1OCC(=O)[O-].COc1ccccc1OCC(=O)[O-].[Bi+3]. The van der Waals surface area contributed by atoms with Crippen LogP contribution in [-0.4, -0.2) is 85.3 Å². The van der Waals surface area contributed by atoms with Crippen molar-refractivity contribution in [3.05, 3.63) is 72.8 Å². The van der Waals surface area contributed by atoms with Crippen molar-refractivity contribution in [1.82, 2.24) is 0 Å². The number of hydrogen-bond acceptors (Lipinski definition) is 12. The smallest absolute Gasteiger partial charge is 0.546 e. The minimum atomic E-state index is -1.26. The molecule has 212 valence electrons. The van der Waals surface area contributed by atoms with Crippen molar-refractivity contribution in [2.24, 2.45) is 0 Å². The first-order valence-electron chi connectivity index (χ1n) is 11.1. The van der Waals surface area contributed by atoms with Gasteiger partial charge in [0.25, 0.3) is 0 Å². The Morgan fingerprint density at radius 3 is 0.850 bits per heavy atom. The minimum absolute atomic E-state index is 0. The summed E-state index contributed by atoms with van der Waals surface area (Å²) in [5, 5.41) is 30.3. The number of rotatable bonds is 12. The number of benzene rings is 3. The standard InChI is InChI=1S/3C9H10O4.Bi/c3*1-12-7-4-2-3-5-8(7)13-6-9(10)11;/h3*2-5H,6H2,1H3,(H,10,11);/q;;;+3/p-3. The van der Waals surface area contributed by atoms with Crippen LogP contribution in [0.5, 0.6) is 34.5 Å². The molecule has 2 radical (unpaired) electrons. The summed E-state index contributed by atoms with van der Waals surface area (Å²) in [6, 6.07) is 20.4. The van der Waals surface area contributed by atoms with Gasteiger partial charge in [0.2, 0.25) is 0 Å². The topological polar surface area (TPSA) is 176 Å². The van der Waals surface area contributed by atoms with E-state index < -0.39 is 37.7 Å². The van der Waals surface area contributed by atoms with Gasteiger partial charge >= 0.3 is 26.2 Å². The molecule has 0 aliphatic rings. The van der Waals surface area contributed by atoms with Crippen molar-refractivity contribution in [3.63, 3.8) is 0 Å². The molecule has 13 heteroatoms. The number of ether oxygens (including phenoxy) is 6. The normalized spacial score (nSPS) is 9.07. The van der Waals surface area contributed by atoms with Crippen molar-refractivity contribution >= 4 is 44.1 Å². The Labute approximate surface area is 250 Å². The van der Waals surface area contributed by atoms with Crippen LogP contribution >= 0.6 is 0 Å². The van der Waals surface area contributed by atoms with Gasteiger partial charge in [0.1, 0.15) is 19.8 Å². The predicted molar refractivity (Wildman–Crippen MR) is 136 cm³/mol. The fraction of sp³-hybridized carbons (Fsp3) is 0.222. The molecular weight excluding hydrogens is 725 g/mol. The molecule has 0 spiro atoms. The molecule has 3 aromatic rings. The second-order valence-electron chi connectivity index (χ2n) is 6.93. The van der Waals surface area contributed by atoms with Crippen LogP contribution in [0.4, 0.5) is 0 Å². The van der Waals surface area contributed by atoms with Crippen LogP contribution in [0.3, 0.4) is 0 Å². The molecule has 0 N–H and O–H groups in total. The Morgan fingerprint density at radius 1 is 0.475 bits per heavy atom. The first kappa shape index (κ1) is 35.8. The zero-order valence-corrected chi connectivity index (χ0v) is 25.4. The van der Waals surface area contributed by atoms with E-state index in [1.807, 2.05) is 0 Å². The molecule has 12 nitrogen and oxygen atoms in total. The fourth-order valence-electron chi connectivity index (χ4n) is 2.62. The molecule has 0 heterocycles. The molecule has 0 bridgehead atoms. The van der Waals surface area contributed by atoms with Crippen LogP contribution < -0.4 is 43.7 Å². The fourth-order valence-corrected chi connectivity index (χ4v) is 2.62. The van der Waals surface area contributed by atoms with Gasteiger partial charge in [-0.05, 0) is 36.4 Å². The zero-order valence-electron chi connectivity index (χ0n) is 21.9. The van der Waals surface area contributed by atoms with Gasteiger partial charge < -0.3 is 58.1 Å². The Balaban J connectivity index is 0.000000563. The maximum Gasteiger partial charge on any atom is 3.00 e. The quantitative estimate of drug-likeness (QED) is 0.209. The molecule has 0 aliphatic heterocycles. The van der Waals surface area contributed by atoms with Gasteiger partial charge in [-0.25, -0.2) is 0 Å². The molecule has 0 aliphatic carbocycles. The van der Waals surface area contributed by atoms with Crippen molar-refractivity contribution in [2.45, 2.75) is 0 Å². The van der Waals surface area contributed by atoms with Gasteiger partial charge in [-0.15, -0.1) is 0 Å². The van der Waals surface area contributed by atoms with E-state index >= 15 is 0 Å². The maximum absolute atomic E-state index is 10.1. The van der Waals surface area contributed by atoms with E-state index in [1.165, 1.54) is 21.3 Å².